The molecular weight excluding hydrogens is 340 g/mol. The minimum atomic E-state index is -0.395. The molecule has 0 saturated heterocycles. The molecule has 5 nitrogen and oxygen atoms in total. The number of halogens is 1. The van der Waals surface area contributed by atoms with Gasteiger partial charge in [-0.25, -0.2) is 4.79 Å². The molecule has 0 bridgehead atoms. The Bertz CT molecular complexity index is 792. The van der Waals surface area contributed by atoms with Crippen molar-refractivity contribution < 1.29 is 14.3 Å². The third-order valence-electron chi connectivity index (χ3n) is 4.07. The molecule has 2 aromatic carbocycles. The number of hydrogen-bond donors (Lipinski definition) is 2. The first-order valence-electron chi connectivity index (χ1n) is 8.06. The van der Waals surface area contributed by atoms with E-state index < -0.39 is 5.60 Å². The summed E-state index contributed by atoms with van der Waals surface area (Å²) < 4.78 is 11.3. The van der Waals surface area contributed by atoms with E-state index >= 15 is 0 Å². The van der Waals surface area contributed by atoms with Crippen LogP contribution in [0.15, 0.2) is 42.5 Å². The number of carbonyl (C=O) groups excluding carboxylic acids is 1. The van der Waals surface area contributed by atoms with Crippen LogP contribution < -0.4 is 20.1 Å². The van der Waals surface area contributed by atoms with E-state index in [2.05, 4.69) is 10.6 Å². The van der Waals surface area contributed by atoms with E-state index in [0.29, 0.717) is 17.1 Å². The van der Waals surface area contributed by atoms with Crippen LogP contribution in [0.2, 0.25) is 5.02 Å². The second-order valence-electron chi connectivity index (χ2n) is 6.63. The lowest BCUT2D eigenvalue weighted by Crippen LogP contribution is -2.42. The predicted octanol–water partition coefficient (Wildman–Crippen LogP) is 4.77. The number of carbonyl (C=O) groups is 1. The number of urea groups is 1. The van der Waals surface area contributed by atoms with Crippen molar-refractivity contribution in [3.63, 3.8) is 0 Å². The third-order valence-corrected chi connectivity index (χ3v) is 4.30. The van der Waals surface area contributed by atoms with Crippen molar-refractivity contribution >= 4 is 23.3 Å². The van der Waals surface area contributed by atoms with Gasteiger partial charge in [0, 0.05) is 28.8 Å². The van der Waals surface area contributed by atoms with E-state index in [1.807, 2.05) is 32.0 Å². The molecule has 6 heteroatoms. The summed E-state index contributed by atoms with van der Waals surface area (Å²) in [5.41, 5.74) is 1.18. The fraction of sp³-hybridized carbons (Fsp3) is 0.316. The first kappa shape index (κ1) is 17.4. The molecule has 0 radical (unpaired) electrons. The fourth-order valence-electron chi connectivity index (χ4n) is 2.98. The summed E-state index contributed by atoms with van der Waals surface area (Å²) in [6, 6.07) is 12.2. The molecule has 2 aromatic rings. The average molecular weight is 361 g/mol. The number of methoxy groups -OCH3 is 1. The molecule has 1 heterocycles. The Morgan fingerprint density at radius 1 is 1.28 bits per heavy atom. The van der Waals surface area contributed by atoms with E-state index in [9.17, 15) is 4.79 Å². The van der Waals surface area contributed by atoms with Gasteiger partial charge in [0.15, 0.2) is 0 Å². The number of nitrogens with one attached hydrogen (secondary N) is 2. The van der Waals surface area contributed by atoms with Crippen LogP contribution in [-0.4, -0.2) is 18.7 Å². The highest BCUT2D eigenvalue weighted by Gasteiger charge is 2.34. The topological polar surface area (TPSA) is 59.6 Å². The third kappa shape index (κ3) is 4.17. The normalized spacial score (nSPS) is 17.8. The Labute approximate surface area is 152 Å². The monoisotopic (exact) mass is 360 g/mol. The number of fused-ring (bicyclic) bond motifs is 1. The van der Waals surface area contributed by atoms with Crippen LogP contribution in [0.5, 0.6) is 11.5 Å². The molecule has 1 unspecified atom stereocenters. The van der Waals surface area contributed by atoms with Gasteiger partial charge in [-0.1, -0.05) is 17.7 Å². The van der Waals surface area contributed by atoms with Gasteiger partial charge in [0.2, 0.25) is 0 Å². The molecule has 0 spiro atoms. The number of ether oxygens (including phenoxy) is 2. The van der Waals surface area contributed by atoms with Gasteiger partial charge >= 0.3 is 6.03 Å². The van der Waals surface area contributed by atoms with Crippen molar-refractivity contribution in [2.24, 2.45) is 0 Å². The van der Waals surface area contributed by atoms with E-state index in [0.717, 1.165) is 17.1 Å². The predicted molar refractivity (Wildman–Crippen MR) is 98.7 cm³/mol. The van der Waals surface area contributed by atoms with Crippen molar-refractivity contribution in [1.29, 1.82) is 0 Å². The van der Waals surface area contributed by atoms with E-state index in [-0.39, 0.29) is 12.1 Å². The summed E-state index contributed by atoms with van der Waals surface area (Å²) in [6.07, 6.45) is 0.662. The average Bonchev–Trinajstić information content (AvgIpc) is 2.53. The molecule has 1 atom stereocenters. The number of anilines is 1. The van der Waals surface area contributed by atoms with Gasteiger partial charge < -0.3 is 20.1 Å². The fourth-order valence-corrected chi connectivity index (χ4v) is 3.17. The zero-order valence-corrected chi connectivity index (χ0v) is 15.2. The lowest BCUT2D eigenvalue weighted by atomic mass is 9.89. The highest BCUT2D eigenvalue weighted by Crippen LogP contribution is 2.41. The molecule has 0 saturated carbocycles. The van der Waals surface area contributed by atoms with Gasteiger partial charge in [-0.3, -0.25) is 0 Å². The van der Waals surface area contributed by atoms with Crippen LogP contribution in [0.1, 0.15) is 31.9 Å². The van der Waals surface area contributed by atoms with E-state index in [4.69, 9.17) is 21.1 Å². The zero-order valence-electron chi connectivity index (χ0n) is 14.4. The minimum Gasteiger partial charge on any atom is -0.497 e. The number of hydrogen-bond acceptors (Lipinski definition) is 3. The zero-order chi connectivity index (χ0) is 18.0. The molecule has 25 heavy (non-hydrogen) atoms. The highest BCUT2D eigenvalue weighted by molar-refractivity contribution is 6.30. The van der Waals surface area contributed by atoms with Crippen LogP contribution in [0.3, 0.4) is 0 Å². The van der Waals surface area contributed by atoms with Crippen molar-refractivity contribution in [2.75, 3.05) is 12.4 Å². The number of amides is 2. The SMILES string of the molecule is COc1ccc2c(c1)OC(C)(C)CC2NC(=O)Nc1cccc(Cl)c1. The molecule has 132 valence electrons. The first-order valence-corrected chi connectivity index (χ1v) is 8.44. The summed E-state index contributed by atoms with van der Waals surface area (Å²) in [6.45, 7) is 4.00. The van der Waals surface area contributed by atoms with Crippen molar-refractivity contribution in [1.82, 2.24) is 5.32 Å². The van der Waals surface area contributed by atoms with Crippen LogP contribution in [0, 0.1) is 0 Å². The Kier molecular flexibility index (Phi) is 4.77. The van der Waals surface area contributed by atoms with Crippen LogP contribution >= 0.6 is 11.6 Å². The lowest BCUT2D eigenvalue weighted by molar-refractivity contribution is 0.0679. The van der Waals surface area contributed by atoms with Gasteiger partial charge in [0.05, 0.1) is 13.2 Å². The van der Waals surface area contributed by atoms with Crippen molar-refractivity contribution in [2.45, 2.75) is 31.9 Å². The summed E-state index contributed by atoms with van der Waals surface area (Å²) >= 11 is 5.95. The summed E-state index contributed by atoms with van der Waals surface area (Å²) in [5.74, 6) is 1.45. The summed E-state index contributed by atoms with van der Waals surface area (Å²) in [7, 11) is 1.61. The van der Waals surface area contributed by atoms with Gasteiger partial charge in [-0.05, 0) is 44.2 Å². The van der Waals surface area contributed by atoms with Crippen molar-refractivity contribution in [3.8, 4) is 11.5 Å². The highest BCUT2D eigenvalue weighted by atomic mass is 35.5. The maximum absolute atomic E-state index is 12.4. The molecular formula is C19H21ClN2O3. The summed E-state index contributed by atoms with van der Waals surface area (Å²) in [5, 5.41) is 6.40. The smallest absolute Gasteiger partial charge is 0.319 e. The van der Waals surface area contributed by atoms with Gasteiger partial charge in [0.25, 0.3) is 0 Å². The summed E-state index contributed by atoms with van der Waals surface area (Å²) in [4.78, 5) is 12.4. The second-order valence-corrected chi connectivity index (χ2v) is 7.07. The molecule has 2 amide bonds. The van der Waals surface area contributed by atoms with Gasteiger partial charge in [-0.2, -0.15) is 0 Å². The first-order chi connectivity index (χ1) is 11.9. The van der Waals surface area contributed by atoms with Crippen molar-refractivity contribution in [3.05, 3.63) is 53.1 Å². The minimum absolute atomic E-state index is 0.163. The molecule has 0 aliphatic carbocycles. The maximum atomic E-state index is 12.4. The lowest BCUT2D eigenvalue weighted by Gasteiger charge is -2.38. The van der Waals surface area contributed by atoms with Crippen LogP contribution in [0.4, 0.5) is 10.5 Å². The molecule has 0 aromatic heterocycles. The maximum Gasteiger partial charge on any atom is 0.319 e. The Morgan fingerprint density at radius 3 is 2.80 bits per heavy atom. The van der Waals surface area contributed by atoms with E-state index in [1.54, 1.807) is 31.4 Å². The van der Waals surface area contributed by atoms with Gasteiger partial charge in [-0.15, -0.1) is 0 Å². The largest absolute Gasteiger partial charge is 0.497 e. The molecule has 1 aliphatic heterocycles. The molecule has 3 rings (SSSR count). The second kappa shape index (κ2) is 6.84. The number of rotatable bonds is 3. The van der Waals surface area contributed by atoms with Crippen LogP contribution in [-0.2, 0) is 0 Å². The standard InChI is InChI=1S/C19H21ClN2O3/c1-19(2)11-16(15-8-7-14(24-3)10-17(15)25-19)22-18(23)21-13-6-4-5-12(20)9-13/h4-10,16H,11H2,1-3H3,(H2,21,22,23). The Balaban J connectivity index is 1.79. The quantitative estimate of drug-likeness (QED) is 0.828. The Morgan fingerprint density at radius 2 is 2.08 bits per heavy atom. The number of benzene rings is 2. The van der Waals surface area contributed by atoms with Gasteiger partial charge in [0.1, 0.15) is 17.1 Å². The van der Waals surface area contributed by atoms with Crippen LogP contribution in [0.25, 0.3) is 0 Å². The van der Waals surface area contributed by atoms with E-state index in [1.165, 1.54) is 0 Å². The molecule has 1 aliphatic rings. The molecule has 0 fully saturated rings. The Hall–Kier alpha value is -2.40. The molecule has 2 N–H and O–H groups in total.